The SMILES string of the molecule is O=C(NC1CCCCCC1)NC1CCCC1. The molecule has 0 unspecified atom stereocenters. The Bertz CT molecular complexity index is 216. The molecule has 0 aromatic heterocycles. The van der Waals surface area contributed by atoms with Gasteiger partial charge in [-0.15, -0.1) is 0 Å². The molecule has 0 atom stereocenters. The van der Waals surface area contributed by atoms with Gasteiger partial charge in [0.1, 0.15) is 0 Å². The van der Waals surface area contributed by atoms with Crippen molar-refractivity contribution in [2.45, 2.75) is 76.3 Å². The van der Waals surface area contributed by atoms with Crippen molar-refractivity contribution < 1.29 is 4.79 Å². The first-order valence-corrected chi connectivity index (χ1v) is 6.91. The van der Waals surface area contributed by atoms with E-state index in [0.717, 1.165) is 25.7 Å². The average Bonchev–Trinajstić information content (AvgIpc) is 2.62. The molecule has 16 heavy (non-hydrogen) atoms. The van der Waals surface area contributed by atoms with Crippen LogP contribution in [-0.4, -0.2) is 18.1 Å². The van der Waals surface area contributed by atoms with E-state index in [-0.39, 0.29) is 6.03 Å². The number of nitrogens with one attached hydrogen (secondary N) is 2. The summed E-state index contributed by atoms with van der Waals surface area (Å²) in [7, 11) is 0. The van der Waals surface area contributed by atoms with Gasteiger partial charge in [-0.3, -0.25) is 0 Å². The van der Waals surface area contributed by atoms with Crippen LogP contribution >= 0.6 is 0 Å². The Morgan fingerprint density at radius 1 is 0.688 bits per heavy atom. The van der Waals surface area contributed by atoms with E-state index in [1.54, 1.807) is 0 Å². The normalized spacial score (nSPS) is 24.0. The maximum absolute atomic E-state index is 11.8. The number of carbonyl (C=O) groups is 1. The van der Waals surface area contributed by atoms with Crippen molar-refractivity contribution in [3.05, 3.63) is 0 Å². The van der Waals surface area contributed by atoms with Crippen LogP contribution in [0, 0.1) is 0 Å². The van der Waals surface area contributed by atoms with Gasteiger partial charge in [-0.25, -0.2) is 4.79 Å². The lowest BCUT2D eigenvalue weighted by Crippen LogP contribution is -2.45. The molecule has 0 spiro atoms. The Morgan fingerprint density at radius 2 is 1.06 bits per heavy atom. The Kier molecular flexibility index (Phi) is 4.49. The van der Waals surface area contributed by atoms with Crippen LogP contribution in [0.1, 0.15) is 64.2 Å². The summed E-state index contributed by atoms with van der Waals surface area (Å²) in [6.45, 7) is 0. The second-order valence-corrected chi connectivity index (χ2v) is 5.29. The summed E-state index contributed by atoms with van der Waals surface area (Å²) in [5, 5.41) is 6.23. The Balaban J connectivity index is 1.68. The molecular formula is C13H24N2O. The lowest BCUT2D eigenvalue weighted by Gasteiger charge is -2.19. The molecule has 92 valence electrons. The van der Waals surface area contributed by atoms with Gasteiger partial charge in [0.15, 0.2) is 0 Å². The van der Waals surface area contributed by atoms with E-state index in [9.17, 15) is 4.79 Å². The molecule has 2 rings (SSSR count). The summed E-state index contributed by atoms with van der Waals surface area (Å²) in [6, 6.07) is 0.925. The highest BCUT2D eigenvalue weighted by atomic mass is 16.2. The second kappa shape index (κ2) is 6.12. The van der Waals surface area contributed by atoms with E-state index in [0.29, 0.717) is 12.1 Å². The highest BCUT2D eigenvalue weighted by Crippen LogP contribution is 2.19. The highest BCUT2D eigenvalue weighted by molar-refractivity contribution is 5.74. The van der Waals surface area contributed by atoms with E-state index in [4.69, 9.17) is 0 Å². The molecule has 0 aromatic carbocycles. The van der Waals surface area contributed by atoms with Crippen molar-refractivity contribution in [1.29, 1.82) is 0 Å². The molecule has 0 aliphatic heterocycles. The Morgan fingerprint density at radius 3 is 1.50 bits per heavy atom. The summed E-state index contributed by atoms with van der Waals surface area (Å²) in [5.41, 5.74) is 0. The molecule has 2 saturated carbocycles. The van der Waals surface area contributed by atoms with E-state index in [1.807, 2.05) is 0 Å². The maximum Gasteiger partial charge on any atom is 0.315 e. The van der Waals surface area contributed by atoms with Crippen LogP contribution < -0.4 is 10.6 Å². The first-order valence-electron chi connectivity index (χ1n) is 6.91. The summed E-state index contributed by atoms with van der Waals surface area (Å²) in [4.78, 5) is 11.8. The molecule has 3 heteroatoms. The van der Waals surface area contributed by atoms with Crippen LogP contribution in [0.5, 0.6) is 0 Å². The van der Waals surface area contributed by atoms with E-state index in [2.05, 4.69) is 10.6 Å². The molecule has 0 bridgehead atoms. The van der Waals surface area contributed by atoms with Crippen LogP contribution in [0.3, 0.4) is 0 Å². The standard InChI is InChI=1S/C13H24N2O/c16-13(15-12-9-5-6-10-12)14-11-7-3-1-2-4-8-11/h11-12H,1-10H2,(H2,14,15,16). The van der Waals surface area contributed by atoms with Gasteiger partial charge in [-0.05, 0) is 25.7 Å². The second-order valence-electron chi connectivity index (χ2n) is 5.29. The van der Waals surface area contributed by atoms with E-state index in [1.165, 1.54) is 38.5 Å². The minimum atomic E-state index is 0.0683. The zero-order valence-electron chi connectivity index (χ0n) is 10.1. The van der Waals surface area contributed by atoms with Crippen molar-refractivity contribution in [2.24, 2.45) is 0 Å². The Labute approximate surface area is 98.4 Å². The fourth-order valence-corrected chi connectivity index (χ4v) is 2.91. The lowest BCUT2D eigenvalue weighted by molar-refractivity contribution is 0.231. The third kappa shape index (κ3) is 3.69. The number of hydrogen-bond donors (Lipinski definition) is 2. The number of amides is 2. The predicted octanol–water partition coefficient (Wildman–Crippen LogP) is 2.95. The van der Waals surface area contributed by atoms with Crippen molar-refractivity contribution >= 4 is 6.03 Å². The van der Waals surface area contributed by atoms with Gasteiger partial charge >= 0.3 is 6.03 Å². The first-order chi connectivity index (χ1) is 7.84. The Hall–Kier alpha value is -0.730. The van der Waals surface area contributed by atoms with Gasteiger partial charge in [-0.2, -0.15) is 0 Å². The first kappa shape index (κ1) is 11.7. The number of urea groups is 1. The minimum Gasteiger partial charge on any atom is -0.335 e. The zero-order chi connectivity index (χ0) is 11.2. The van der Waals surface area contributed by atoms with Crippen molar-refractivity contribution in [3.8, 4) is 0 Å². The van der Waals surface area contributed by atoms with Crippen LogP contribution in [0.25, 0.3) is 0 Å². The number of rotatable bonds is 2. The molecule has 0 heterocycles. The third-order valence-corrected chi connectivity index (χ3v) is 3.88. The maximum atomic E-state index is 11.8. The molecule has 0 saturated heterocycles. The monoisotopic (exact) mass is 224 g/mol. The van der Waals surface area contributed by atoms with E-state index < -0.39 is 0 Å². The lowest BCUT2D eigenvalue weighted by atomic mass is 10.1. The van der Waals surface area contributed by atoms with Crippen molar-refractivity contribution in [2.75, 3.05) is 0 Å². The molecule has 3 nitrogen and oxygen atoms in total. The summed E-state index contributed by atoms with van der Waals surface area (Å²) in [5.74, 6) is 0. The van der Waals surface area contributed by atoms with Crippen molar-refractivity contribution in [1.82, 2.24) is 10.6 Å². The number of hydrogen-bond acceptors (Lipinski definition) is 1. The van der Waals surface area contributed by atoms with Gasteiger partial charge in [0, 0.05) is 12.1 Å². The van der Waals surface area contributed by atoms with E-state index >= 15 is 0 Å². The predicted molar refractivity (Wildman–Crippen MR) is 65.4 cm³/mol. The summed E-state index contributed by atoms with van der Waals surface area (Å²) >= 11 is 0. The zero-order valence-corrected chi connectivity index (χ0v) is 10.1. The van der Waals surface area contributed by atoms with Crippen molar-refractivity contribution in [3.63, 3.8) is 0 Å². The molecule has 2 amide bonds. The quantitative estimate of drug-likeness (QED) is 0.696. The highest BCUT2D eigenvalue weighted by Gasteiger charge is 2.19. The fourth-order valence-electron chi connectivity index (χ4n) is 2.91. The van der Waals surface area contributed by atoms with Crippen LogP contribution in [-0.2, 0) is 0 Å². The topological polar surface area (TPSA) is 41.1 Å². The van der Waals surface area contributed by atoms with Crippen LogP contribution in [0.4, 0.5) is 4.79 Å². The molecule has 2 fully saturated rings. The van der Waals surface area contributed by atoms with Gasteiger partial charge < -0.3 is 10.6 Å². The third-order valence-electron chi connectivity index (χ3n) is 3.88. The van der Waals surface area contributed by atoms with Crippen LogP contribution in [0.2, 0.25) is 0 Å². The molecular weight excluding hydrogens is 200 g/mol. The molecule has 0 aromatic rings. The number of carbonyl (C=O) groups excluding carboxylic acids is 1. The minimum absolute atomic E-state index is 0.0683. The van der Waals surface area contributed by atoms with Gasteiger partial charge in [0.05, 0.1) is 0 Å². The fraction of sp³-hybridized carbons (Fsp3) is 0.923. The van der Waals surface area contributed by atoms with Crippen LogP contribution in [0.15, 0.2) is 0 Å². The average molecular weight is 224 g/mol. The van der Waals surface area contributed by atoms with Gasteiger partial charge in [-0.1, -0.05) is 38.5 Å². The largest absolute Gasteiger partial charge is 0.335 e. The smallest absolute Gasteiger partial charge is 0.315 e. The van der Waals surface area contributed by atoms with Gasteiger partial charge in [0.2, 0.25) is 0 Å². The molecule has 2 aliphatic rings. The molecule has 0 radical (unpaired) electrons. The molecule has 2 aliphatic carbocycles. The summed E-state index contributed by atoms with van der Waals surface area (Å²) < 4.78 is 0. The van der Waals surface area contributed by atoms with Gasteiger partial charge in [0.25, 0.3) is 0 Å². The molecule has 2 N–H and O–H groups in total. The summed E-state index contributed by atoms with van der Waals surface area (Å²) in [6.07, 6.45) is 12.4.